The molecule has 2 atom stereocenters. The van der Waals surface area contributed by atoms with Gasteiger partial charge in [0.25, 0.3) is 0 Å². The third-order valence-electron chi connectivity index (χ3n) is 5.75. The van der Waals surface area contributed by atoms with Crippen LogP contribution in [0.25, 0.3) is 0 Å². The van der Waals surface area contributed by atoms with Crippen LogP contribution in [-0.2, 0) is 10.2 Å². The van der Waals surface area contributed by atoms with Crippen molar-refractivity contribution in [2.45, 2.75) is 90.1 Å². The van der Waals surface area contributed by atoms with Gasteiger partial charge in [-0.3, -0.25) is 4.79 Å². The van der Waals surface area contributed by atoms with Gasteiger partial charge in [0.15, 0.2) is 0 Å². The van der Waals surface area contributed by atoms with Gasteiger partial charge in [-0.2, -0.15) is 0 Å². The highest BCUT2D eigenvalue weighted by Gasteiger charge is 2.44. The van der Waals surface area contributed by atoms with Gasteiger partial charge in [-0.15, -0.1) is 0 Å². The van der Waals surface area contributed by atoms with E-state index < -0.39 is 0 Å². The Labute approximate surface area is 153 Å². The zero-order valence-corrected chi connectivity index (χ0v) is 16.2. The van der Waals surface area contributed by atoms with E-state index in [1.165, 1.54) is 37.7 Å². The van der Waals surface area contributed by atoms with Crippen molar-refractivity contribution >= 4 is 5.91 Å². The number of unbranched alkanes of at least 4 members (excludes halogenated alkanes) is 2. The van der Waals surface area contributed by atoms with Gasteiger partial charge in [0.2, 0.25) is 5.91 Å². The van der Waals surface area contributed by atoms with E-state index in [4.69, 9.17) is 10.5 Å². The van der Waals surface area contributed by atoms with E-state index in [1.54, 1.807) is 0 Å². The summed E-state index contributed by atoms with van der Waals surface area (Å²) in [5.74, 6) is 1.43. The van der Waals surface area contributed by atoms with Crippen LogP contribution >= 0.6 is 0 Å². The predicted molar refractivity (Wildman–Crippen MR) is 104 cm³/mol. The maximum absolute atomic E-state index is 11.4. The number of carbonyl (C=O) groups excluding carboxylic acids is 1. The first kappa shape index (κ1) is 19.8. The lowest BCUT2D eigenvalue weighted by atomic mass is 9.74. The van der Waals surface area contributed by atoms with Crippen molar-refractivity contribution in [1.29, 1.82) is 0 Å². The molecule has 0 saturated heterocycles. The molecule has 1 aromatic carbocycles. The van der Waals surface area contributed by atoms with Gasteiger partial charge in [-0.1, -0.05) is 51.8 Å². The summed E-state index contributed by atoms with van der Waals surface area (Å²) < 4.78 is 6.46. The topological polar surface area (TPSA) is 52.3 Å². The second-order valence-electron chi connectivity index (χ2n) is 7.80. The lowest BCUT2D eigenvalue weighted by molar-refractivity contribution is -0.118. The number of hydrogen-bond donors (Lipinski definition) is 1. The Morgan fingerprint density at radius 2 is 2.00 bits per heavy atom. The van der Waals surface area contributed by atoms with Crippen LogP contribution in [-0.4, -0.2) is 12.0 Å². The van der Waals surface area contributed by atoms with Gasteiger partial charge in [-0.05, 0) is 55.9 Å². The molecule has 0 bridgehead atoms. The molecular weight excluding hydrogens is 310 g/mol. The van der Waals surface area contributed by atoms with Crippen molar-refractivity contribution in [1.82, 2.24) is 0 Å². The Morgan fingerprint density at radius 1 is 1.28 bits per heavy atom. The van der Waals surface area contributed by atoms with Crippen LogP contribution in [0, 0.1) is 5.92 Å². The van der Waals surface area contributed by atoms with Crippen molar-refractivity contribution in [2.24, 2.45) is 11.7 Å². The van der Waals surface area contributed by atoms with Gasteiger partial charge in [-0.25, -0.2) is 0 Å². The SMILES string of the molecule is CCCCCC(CC)Oc1ccccc1C(C)(CCC(N)=O)C1CC1. The zero-order valence-electron chi connectivity index (χ0n) is 16.2. The second-order valence-corrected chi connectivity index (χ2v) is 7.80. The molecule has 140 valence electrons. The Bertz CT molecular complexity index is 553. The molecule has 2 rings (SSSR count). The van der Waals surface area contributed by atoms with Crippen LogP contribution < -0.4 is 10.5 Å². The maximum atomic E-state index is 11.4. The first-order valence-electron chi connectivity index (χ1n) is 10.1. The molecule has 0 aromatic heterocycles. The van der Waals surface area contributed by atoms with Crippen molar-refractivity contribution in [3.05, 3.63) is 29.8 Å². The Kier molecular flexibility index (Phi) is 7.34. The largest absolute Gasteiger partial charge is 0.490 e. The minimum Gasteiger partial charge on any atom is -0.490 e. The molecule has 2 N–H and O–H groups in total. The van der Waals surface area contributed by atoms with E-state index in [1.807, 2.05) is 0 Å². The molecule has 2 unspecified atom stereocenters. The van der Waals surface area contributed by atoms with E-state index >= 15 is 0 Å². The smallest absolute Gasteiger partial charge is 0.217 e. The Morgan fingerprint density at radius 3 is 2.60 bits per heavy atom. The Hall–Kier alpha value is -1.51. The van der Waals surface area contributed by atoms with Crippen molar-refractivity contribution in [2.75, 3.05) is 0 Å². The van der Waals surface area contributed by atoms with E-state index in [0.29, 0.717) is 12.3 Å². The highest BCUT2D eigenvalue weighted by molar-refractivity contribution is 5.73. The normalized spacial score (nSPS) is 17.7. The summed E-state index contributed by atoms with van der Waals surface area (Å²) in [4.78, 5) is 11.4. The molecule has 0 aliphatic heterocycles. The second kappa shape index (κ2) is 9.26. The highest BCUT2D eigenvalue weighted by atomic mass is 16.5. The molecule has 0 radical (unpaired) electrons. The fraction of sp³-hybridized carbons (Fsp3) is 0.682. The van der Waals surface area contributed by atoms with Crippen LogP contribution in [0.2, 0.25) is 0 Å². The van der Waals surface area contributed by atoms with Crippen LogP contribution in [0.1, 0.15) is 84.1 Å². The number of carbonyl (C=O) groups is 1. The monoisotopic (exact) mass is 345 g/mol. The molecular formula is C22H35NO2. The van der Waals surface area contributed by atoms with E-state index in [0.717, 1.165) is 25.0 Å². The minimum absolute atomic E-state index is 0.0205. The maximum Gasteiger partial charge on any atom is 0.217 e. The lowest BCUT2D eigenvalue weighted by Gasteiger charge is -2.33. The zero-order chi connectivity index (χ0) is 18.3. The van der Waals surface area contributed by atoms with Crippen molar-refractivity contribution in [3.8, 4) is 5.75 Å². The van der Waals surface area contributed by atoms with Gasteiger partial charge in [0.1, 0.15) is 5.75 Å². The van der Waals surface area contributed by atoms with Crippen LogP contribution in [0.15, 0.2) is 24.3 Å². The Balaban J connectivity index is 2.18. The summed E-state index contributed by atoms with van der Waals surface area (Å²) in [6.07, 6.45) is 9.84. The molecule has 1 aliphatic rings. The number of hydrogen-bond acceptors (Lipinski definition) is 2. The number of nitrogens with two attached hydrogens (primary N) is 1. The van der Waals surface area contributed by atoms with E-state index in [2.05, 4.69) is 45.0 Å². The van der Waals surface area contributed by atoms with Crippen LogP contribution in [0.4, 0.5) is 0 Å². The number of para-hydroxylation sites is 1. The molecule has 0 spiro atoms. The molecule has 1 aromatic rings. The number of benzene rings is 1. The van der Waals surface area contributed by atoms with Gasteiger partial charge in [0.05, 0.1) is 6.10 Å². The minimum atomic E-state index is -0.212. The fourth-order valence-electron chi connectivity index (χ4n) is 3.85. The molecule has 0 heterocycles. The summed E-state index contributed by atoms with van der Waals surface area (Å²) in [5, 5.41) is 0. The standard InChI is InChI=1S/C22H35NO2/c1-4-6-7-10-18(5-2)25-20-12-9-8-11-19(20)22(3,17-13-14-17)16-15-21(23)24/h8-9,11-12,17-18H,4-7,10,13-16H2,1-3H3,(H2,23,24). The quantitative estimate of drug-likeness (QED) is 0.519. The molecule has 3 heteroatoms. The van der Waals surface area contributed by atoms with E-state index in [-0.39, 0.29) is 17.4 Å². The van der Waals surface area contributed by atoms with Crippen molar-refractivity contribution in [3.63, 3.8) is 0 Å². The number of amides is 1. The number of ether oxygens (including phenoxy) is 1. The third kappa shape index (κ3) is 5.49. The molecule has 1 aliphatic carbocycles. The fourth-order valence-corrected chi connectivity index (χ4v) is 3.85. The third-order valence-corrected chi connectivity index (χ3v) is 5.75. The van der Waals surface area contributed by atoms with Gasteiger partial charge >= 0.3 is 0 Å². The average Bonchev–Trinajstić information content (AvgIpc) is 3.45. The summed E-state index contributed by atoms with van der Waals surface area (Å²) in [7, 11) is 0. The molecule has 1 saturated carbocycles. The summed E-state index contributed by atoms with van der Waals surface area (Å²) >= 11 is 0. The average molecular weight is 346 g/mol. The molecule has 1 amide bonds. The number of rotatable bonds is 12. The predicted octanol–water partition coefficient (Wildman–Crippen LogP) is 5.36. The van der Waals surface area contributed by atoms with E-state index in [9.17, 15) is 4.79 Å². The molecule has 25 heavy (non-hydrogen) atoms. The highest BCUT2D eigenvalue weighted by Crippen LogP contribution is 2.52. The lowest BCUT2D eigenvalue weighted by Crippen LogP contribution is -2.29. The van der Waals surface area contributed by atoms with Crippen molar-refractivity contribution < 1.29 is 9.53 Å². The first-order valence-corrected chi connectivity index (χ1v) is 10.1. The van der Waals surface area contributed by atoms with Gasteiger partial charge in [0, 0.05) is 12.0 Å². The van der Waals surface area contributed by atoms with Crippen LogP contribution in [0.5, 0.6) is 5.75 Å². The molecule has 3 nitrogen and oxygen atoms in total. The first-order chi connectivity index (χ1) is 12.0. The van der Waals surface area contributed by atoms with Gasteiger partial charge < -0.3 is 10.5 Å². The van der Waals surface area contributed by atoms with Crippen LogP contribution in [0.3, 0.4) is 0 Å². The summed E-state index contributed by atoms with van der Waals surface area (Å²) in [6.45, 7) is 6.72. The molecule has 1 fully saturated rings. The number of primary amides is 1. The summed E-state index contributed by atoms with van der Waals surface area (Å²) in [5.41, 5.74) is 6.67. The summed E-state index contributed by atoms with van der Waals surface area (Å²) in [6, 6.07) is 8.43.